The Hall–Kier alpha value is -0.580. The van der Waals surface area contributed by atoms with E-state index in [-0.39, 0.29) is 17.2 Å². The number of hydrogen-bond acceptors (Lipinski definition) is 3. The number of rotatable bonds is 5. The molecule has 0 saturated heterocycles. The highest BCUT2D eigenvalue weighted by Gasteiger charge is 2.29. The van der Waals surface area contributed by atoms with E-state index in [1.165, 1.54) is 10.4 Å². The molecule has 1 amide bonds. The third-order valence-corrected chi connectivity index (χ3v) is 4.81. The number of nitrogens with zero attached hydrogens (tertiary/aromatic N) is 1. The van der Waals surface area contributed by atoms with Crippen LogP contribution in [0.25, 0.3) is 0 Å². The average molecular weight is 302 g/mol. The molecule has 106 valence electrons. The van der Waals surface area contributed by atoms with Gasteiger partial charge in [-0.25, -0.2) is 0 Å². The molecule has 1 aliphatic rings. The van der Waals surface area contributed by atoms with Gasteiger partial charge in [0.1, 0.15) is 0 Å². The van der Waals surface area contributed by atoms with Gasteiger partial charge >= 0.3 is 0 Å². The van der Waals surface area contributed by atoms with Crippen molar-refractivity contribution in [1.29, 1.82) is 0 Å². The fourth-order valence-corrected chi connectivity index (χ4v) is 3.95. The van der Waals surface area contributed by atoms with Gasteiger partial charge in [0.25, 0.3) is 0 Å². The molecular formula is C14H20ClNO2S. The predicted molar refractivity (Wildman–Crippen MR) is 79.2 cm³/mol. The van der Waals surface area contributed by atoms with E-state index in [0.29, 0.717) is 13.2 Å². The minimum Gasteiger partial charge on any atom is -0.383 e. The summed E-state index contributed by atoms with van der Waals surface area (Å²) in [6, 6.07) is 2.10. The van der Waals surface area contributed by atoms with Crippen LogP contribution >= 0.6 is 22.9 Å². The van der Waals surface area contributed by atoms with Crippen LogP contribution < -0.4 is 0 Å². The van der Waals surface area contributed by atoms with Gasteiger partial charge in [0.15, 0.2) is 0 Å². The predicted octanol–water partition coefficient (Wildman–Crippen LogP) is 2.88. The number of alkyl halides is 1. The highest BCUT2D eigenvalue weighted by molar-refractivity contribution is 7.10. The van der Waals surface area contributed by atoms with Gasteiger partial charge in [-0.3, -0.25) is 4.79 Å². The molecule has 0 bridgehead atoms. The van der Waals surface area contributed by atoms with Crippen molar-refractivity contribution in [2.24, 2.45) is 0 Å². The zero-order valence-electron chi connectivity index (χ0n) is 11.4. The second kappa shape index (κ2) is 6.73. The van der Waals surface area contributed by atoms with Crippen LogP contribution in [0.15, 0.2) is 11.4 Å². The number of aryl methyl sites for hydroxylation is 1. The maximum atomic E-state index is 12.5. The summed E-state index contributed by atoms with van der Waals surface area (Å²) in [4.78, 5) is 15.6. The van der Waals surface area contributed by atoms with E-state index < -0.39 is 0 Å². The fraction of sp³-hybridized carbons (Fsp3) is 0.643. The van der Waals surface area contributed by atoms with Crippen LogP contribution in [0, 0.1) is 0 Å². The van der Waals surface area contributed by atoms with Gasteiger partial charge in [-0.2, -0.15) is 0 Å². The monoisotopic (exact) mass is 301 g/mol. The summed E-state index contributed by atoms with van der Waals surface area (Å²) >= 11 is 7.88. The SMILES string of the molecule is COCC(Cl)CN(C)C(=O)C1CCCc2sccc21. The summed E-state index contributed by atoms with van der Waals surface area (Å²) in [5.74, 6) is 0.201. The smallest absolute Gasteiger partial charge is 0.229 e. The minimum absolute atomic E-state index is 0.0198. The Labute approximate surface area is 123 Å². The molecule has 0 aromatic carbocycles. The Morgan fingerprint density at radius 2 is 2.47 bits per heavy atom. The number of ether oxygens (including phenoxy) is 1. The van der Waals surface area contributed by atoms with Gasteiger partial charge in [-0.1, -0.05) is 0 Å². The van der Waals surface area contributed by atoms with Crippen LogP contribution in [0.3, 0.4) is 0 Å². The molecule has 1 aliphatic carbocycles. The normalized spacial score (nSPS) is 19.8. The average Bonchev–Trinajstić information content (AvgIpc) is 2.86. The molecule has 0 radical (unpaired) electrons. The second-order valence-corrected chi connectivity index (χ2v) is 6.63. The highest BCUT2D eigenvalue weighted by atomic mass is 35.5. The third kappa shape index (κ3) is 3.50. The van der Waals surface area contributed by atoms with Crippen molar-refractivity contribution < 1.29 is 9.53 Å². The first-order chi connectivity index (χ1) is 9.13. The number of carbonyl (C=O) groups is 1. The number of thiophene rings is 1. The molecule has 2 unspecified atom stereocenters. The minimum atomic E-state index is -0.149. The molecule has 1 aromatic rings. The Morgan fingerprint density at radius 1 is 1.68 bits per heavy atom. The number of hydrogen-bond donors (Lipinski definition) is 0. The van der Waals surface area contributed by atoms with Gasteiger partial charge in [0, 0.05) is 25.6 Å². The zero-order valence-corrected chi connectivity index (χ0v) is 13.0. The van der Waals surface area contributed by atoms with Crippen molar-refractivity contribution in [2.75, 3.05) is 27.3 Å². The molecule has 0 fully saturated rings. The first kappa shape index (κ1) is 14.8. The Morgan fingerprint density at radius 3 is 3.21 bits per heavy atom. The van der Waals surface area contributed by atoms with Crippen molar-refractivity contribution in [3.63, 3.8) is 0 Å². The maximum Gasteiger partial charge on any atom is 0.229 e. The van der Waals surface area contributed by atoms with Crippen molar-refractivity contribution in [3.05, 3.63) is 21.9 Å². The van der Waals surface area contributed by atoms with Crippen LogP contribution in [-0.2, 0) is 16.0 Å². The molecule has 0 saturated carbocycles. The lowest BCUT2D eigenvalue weighted by Crippen LogP contribution is -2.37. The van der Waals surface area contributed by atoms with E-state index in [9.17, 15) is 4.79 Å². The molecule has 0 N–H and O–H groups in total. The fourth-order valence-electron chi connectivity index (χ4n) is 2.63. The molecule has 19 heavy (non-hydrogen) atoms. The van der Waals surface area contributed by atoms with Crippen molar-refractivity contribution >= 4 is 28.8 Å². The van der Waals surface area contributed by atoms with Crippen LogP contribution in [0.1, 0.15) is 29.2 Å². The first-order valence-corrected chi connectivity index (χ1v) is 7.89. The molecular weight excluding hydrogens is 282 g/mol. The van der Waals surface area contributed by atoms with E-state index in [4.69, 9.17) is 16.3 Å². The van der Waals surface area contributed by atoms with Crippen molar-refractivity contribution in [2.45, 2.75) is 30.6 Å². The summed E-state index contributed by atoms with van der Waals surface area (Å²) in [5, 5.41) is 1.94. The lowest BCUT2D eigenvalue weighted by Gasteiger charge is -2.28. The largest absolute Gasteiger partial charge is 0.383 e. The van der Waals surface area contributed by atoms with Gasteiger partial charge in [-0.05, 0) is 36.3 Å². The van der Waals surface area contributed by atoms with Crippen molar-refractivity contribution in [1.82, 2.24) is 4.90 Å². The van der Waals surface area contributed by atoms with Crippen LogP contribution in [0.2, 0.25) is 0 Å². The molecule has 2 rings (SSSR count). The van der Waals surface area contributed by atoms with Gasteiger partial charge in [-0.15, -0.1) is 22.9 Å². The molecule has 3 nitrogen and oxygen atoms in total. The number of methoxy groups -OCH3 is 1. The number of likely N-dealkylation sites (N-methyl/N-ethyl adjacent to an activating group) is 1. The second-order valence-electron chi connectivity index (χ2n) is 5.02. The van der Waals surface area contributed by atoms with Gasteiger partial charge in [0.2, 0.25) is 5.91 Å². The van der Waals surface area contributed by atoms with E-state index >= 15 is 0 Å². The Balaban J connectivity index is 2.01. The zero-order chi connectivity index (χ0) is 13.8. The molecule has 0 spiro atoms. The lowest BCUT2D eigenvalue weighted by atomic mass is 9.87. The summed E-state index contributed by atoms with van der Waals surface area (Å²) in [6.45, 7) is 0.998. The van der Waals surface area contributed by atoms with Crippen molar-refractivity contribution in [3.8, 4) is 0 Å². The van der Waals surface area contributed by atoms with Gasteiger partial charge < -0.3 is 9.64 Å². The van der Waals surface area contributed by atoms with E-state index in [1.807, 2.05) is 7.05 Å². The van der Waals surface area contributed by atoms with Crippen LogP contribution in [0.4, 0.5) is 0 Å². The number of amides is 1. The highest BCUT2D eigenvalue weighted by Crippen LogP contribution is 2.35. The molecule has 1 aromatic heterocycles. The number of carbonyl (C=O) groups excluding carboxylic acids is 1. The van der Waals surface area contributed by atoms with E-state index in [0.717, 1.165) is 19.3 Å². The number of fused-ring (bicyclic) bond motifs is 1. The Bertz CT molecular complexity index is 435. The topological polar surface area (TPSA) is 29.5 Å². The summed E-state index contributed by atoms with van der Waals surface area (Å²) in [6.07, 6.45) is 3.16. The third-order valence-electron chi connectivity index (χ3n) is 3.55. The quantitative estimate of drug-likeness (QED) is 0.783. The summed E-state index contributed by atoms with van der Waals surface area (Å²) in [7, 11) is 3.45. The first-order valence-electron chi connectivity index (χ1n) is 6.57. The van der Waals surface area contributed by atoms with Gasteiger partial charge in [0.05, 0.1) is 17.9 Å². The molecule has 0 aliphatic heterocycles. The molecule has 5 heteroatoms. The number of halogens is 1. The van der Waals surface area contributed by atoms with Crippen LogP contribution in [0.5, 0.6) is 0 Å². The molecule has 2 atom stereocenters. The standard InChI is InChI=1S/C14H20ClNO2S/c1-16(8-10(15)9-18-2)14(17)12-4-3-5-13-11(12)6-7-19-13/h6-7,10,12H,3-5,8-9H2,1-2H3. The Kier molecular flexibility index (Phi) is 5.25. The summed E-state index contributed by atoms with van der Waals surface area (Å²) in [5.41, 5.74) is 1.23. The van der Waals surface area contributed by atoms with E-state index in [1.54, 1.807) is 23.3 Å². The lowest BCUT2D eigenvalue weighted by molar-refractivity contribution is -0.132. The van der Waals surface area contributed by atoms with Crippen LogP contribution in [-0.4, -0.2) is 43.5 Å². The maximum absolute atomic E-state index is 12.5. The molecule has 1 heterocycles. The summed E-state index contributed by atoms with van der Waals surface area (Å²) < 4.78 is 5.01. The van der Waals surface area contributed by atoms with E-state index in [2.05, 4.69) is 11.4 Å².